The topological polar surface area (TPSA) is 46.0 Å². The summed E-state index contributed by atoms with van der Waals surface area (Å²) in [5.74, 6) is 0. The fraction of sp³-hybridized carbons (Fsp3) is 0.333. The van der Waals surface area contributed by atoms with Crippen LogP contribution in [0.3, 0.4) is 0 Å². The van der Waals surface area contributed by atoms with Crippen molar-refractivity contribution in [3.05, 3.63) is 32.2 Å². The van der Waals surface area contributed by atoms with E-state index in [1.54, 1.807) is 12.3 Å². The van der Waals surface area contributed by atoms with Crippen LogP contribution >= 0.6 is 22.7 Å². The molecule has 3 nitrogen and oxygen atoms in total. The van der Waals surface area contributed by atoms with E-state index in [0.29, 0.717) is 16.3 Å². The first-order valence-electron chi connectivity index (χ1n) is 4.51. The van der Waals surface area contributed by atoms with E-state index in [1.807, 2.05) is 0 Å². The molecule has 0 spiro atoms. The number of aliphatic hydroxyl groups is 1. The van der Waals surface area contributed by atoms with Crippen LogP contribution in [0.15, 0.2) is 11.6 Å². The van der Waals surface area contributed by atoms with Gasteiger partial charge in [0, 0.05) is 17.3 Å². The van der Waals surface area contributed by atoms with Crippen LogP contribution in [0.1, 0.15) is 26.7 Å². The van der Waals surface area contributed by atoms with Gasteiger partial charge in [0.15, 0.2) is 5.01 Å². The number of rotatable bonds is 2. The van der Waals surface area contributed by atoms with Crippen LogP contribution < -0.4 is 0 Å². The van der Waals surface area contributed by atoms with Gasteiger partial charge in [0.2, 0.25) is 0 Å². The molecule has 2 heterocycles. The molecule has 1 N–H and O–H groups in total. The molecule has 2 aromatic rings. The Hall–Kier alpha value is -0.990. The summed E-state index contributed by atoms with van der Waals surface area (Å²) in [7, 11) is 0. The van der Waals surface area contributed by atoms with Crippen molar-refractivity contribution in [2.45, 2.75) is 19.2 Å². The quantitative estimate of drug-likeness (QED) is 0.919. The Kier molecular flexibility index (Phi) is 3.19. The lowest BCUT2D eigenvalue weighted by Gasteiger charge is -2.03. The SMILES string of the molecule is Cc1csc(C(O)c2cnc(C(F)(F)F)s2)n1. The molecule has 2 rings (SSSR count). The molecule has 0 aliphatic heterocycles. The summed E-state index contributed by atoms with van der Waals surface area (Å²) in [6, 6.07) is 0. The number of thiazole rings is 2. The van der Waals surface area contributed by atoms with E-state index in [0.717, 1.165) is 11.9 Å². The van der Waals surface area contributed by atoms with Crippen molar-refractivity contribution in [2.24, 2.45) is 0 Å². The van der Waals surface area contributed by atoms with E-state index in [4.69, 9.17) is 0 Å². The van der Waals surface area contributed by atoms with E-state index >= 15 is 0 Å². The number of aromatic nitrogens is 2. The van der Waals surface area contributed by atoms with Gasteiger partial charge in [-0.2, -0.15) is 13.2 Å². The maximum absolute atomic E-state index is 12.3. The third kappa shape index (κ3) is 2.64. The summed E-state index contributed by atoms with van der Waals surface area (Å²) in [5, 5.41) is 11.0. The van der Waals surface area contributed by atoms with Crippen LogP contribution in [0.25, 0.3) is 0 Å². The average molecular weight is 280 g/mol. The molecule has 92 valence electrons. The summed E-state index contributed by atoms with van der Waals surface area (Å²) >= 11 is 1.64. The normalized spacial score (nSPS) is 13.9. The van der Waals surface area contributed by atoms with E-state index in [2.05, 4.69) is 9.97 Å². The third-order valence-electron chi connectivity index (χ3n) is 1.91. The molecule has 0 aromatic carbocycles. The Morgan fingerprint density at radius 1 is 1.41 bits per heavy atom. The number of alkyl halides is 3. The van der Waals surface area contributed by atoms with Crippen LogP contribution in [-0.4, -0.2) is 15.1 Å². The lowest BCUT2D eigenvalue weighted by Crippen LogP contribution is -2.03. The van der Waals surface area contributed by atoms with Gasteiger partial charge in [-0.3, -0.25) is 0 Å². The molecule has 17 heavy (non-hydrogen) atoms. The predicted molar refractivity (Wildman–Crippen MR) is 58.0 cm³/mol. The highest BCUT2D eigenvalue weighted by Gasteiger charge is 2.35. The highest BCUT2D eigenvalue weighted by Crippen LogP contribution is 2.36. The number of halogens is 3. The maximum Gasteiger partial charge on any atom is 0.443 e. The summed E-state index contributed by atoms with van der Waals surface area (Å²) in [4.78, 5) is 7.42. The number of nitrogens with zero attached hydrogens (tertiary/aromatic N) is 2. The van der Waals surface area contributed by atoms with Gasteiger partial charge in [0.1, 0.15) is 11.1 Å². The van der Waals surface area contributed by atoms with Gasteiger partial charge in [-0.25, -0.2) is 9.97 Å². The molecule has 0 saturated heterocycles. The molecule has 2 aromatic heterocycles. The molecule has 0 amide bonds. The minimum absolute atomic E-state index is 0.145. The molecular formula is C9H7F3N2OS2. The van der Waals surface area contributed by atoms with Gasteiger partial charge in [0.25, 0.3) is 0 Å². The van der Waals surface area contributed by atoms with E-state index in [-0.39, 0.29) is 4.88 Å². The molecule has 0 bridgehead atoms. The van der Waals surface area contributed by atoms with E-state index in [9.17, 15) is 18.3 Å². The minimum Gasteiger partial charge on any atom is -0.380 e. The molecule has 1 unspecified atom stereocenters. The first-order valence-corrected chi connectivity index (χ1v) is 6.20. The number of hydrogen-bond donors (Lipinski definition) is 1. The number of hydrogen-bond acceptors (Lipinski definition) is 5. The maximum atomic E-state index is 12.3. The molecule has 1 atom stereocenters. The van der Waals surface area contributed by atoms with Crippen LogP contribution in [0.4, 0.5) is 13.2 Å². The van der Waals surface area contributed by atoms with Crippen LogP contribution in [0.5, 0.6) is 0 Å². The summed E-state index contributed by atoms with van der Waals surface area (Å²) in [6.07, 6.45) is -4.57. The number of aryl methyl sites for hydroxylation is 1. The molecule has 8 heteroatoms. The van der Waals surface area contributed by atoms with Crippen molar-refractivity contribution in [2.75, 3.05) is 0 Å². The van der Waals surface area contributed by atoms with Gasteiger partial charge in [-0.15, -0.1) is 22.7 Å². The summed E-state index contributed by atoms with van der Waals surface area (Å²) in [6.45, 7) is 1.75. The lowest BCUT2D eigenvalue weighted by atomic mass is 10.3. The fourth-order valence-electron chi connectivity index (χ4n) is 1.16. The minimum atomic E-state index is -4.47. The first kappa shape index (κ1) is 12.5. The zero-order valence-corrected chi connectivity index (χ0v) is 10.2. The van der Waals surface area contributed by atoms with Crippen LogP contribution in [0, 0.1) is 6.92 Å². The standard InChI is InChI=1S/C9H7F3N2OS2/c1-4-3-16-7(14-4)6(15)5-2-13-8(17-5)9(10,11)12/h2-3,6,15H,1H3. The molecule has 0 aliphatic carbocycles. The Morgan fingerprint density at radius 2 is 2.12 bits per heavy atom. The highest BCUT2D eigenvalue weighted by molar-refractivity contribution is 7.12. The van der Waals surface area contributed by atoms with E-state index in [1.165, 1.54) is 11.3 Å². The Labute approximate surface area is 103 Å². The van der Waals surface area contributed by atoms with Crippen molar-refractivity contribution in [3.8, 4) is 0 Å². The highest BCUT2D eigenvalue weighted by atomic mass is 32.1. The Balaban J connectivity index is 2.26. The second-order valence-corrected chi connectivity index (χ2v) is 5.25. The molecule has 0 aliphatic rings. The molecule has 0 radical (unpaired) electrons. The Bertz CT molecular complexity index is 520. The Morgan fingerprint density at radius 3 is 2.59 bits per heavy atom. The van der Waals surface area contributed by atoms with Crippen molar-refractivity contribution in [1.82, 2.24) is 9.97 Å². The van der Waals surface area contributed by atoms with Crippen molar-refractivity contribution >= 4 is 22.7 Å². The molecule has 0 fully saturated rings. The largest absolute Gasteiger partial charge is 0.443 e. The molecule has 0 saturated carbocycles. The third-order valence-corrected chi connectivity index (χ3v) is 4.02. The van der Waals surface area contributed by atoms with E-state index < -0.39 is 17.3 Å². The van der Waals surface area contributed by atoms with Crippen LogP contribution in [-0.2, 0) is 6.18 Å². The average Bonchev–Trinajstić information content (AvgIpc) is 2.83. The van der Waals surface area contributed by atoms with Crippen molar-refractivity contribution in [1.29, 1.82) is 0 Å². The van der Waals surface area contributed by atoms with Gasteiger partial charge in [-0.1, -0.05) is 0 Å². The van der Waals surface area contributed by atoms with Crippen LogP contribution in [0.2, 0.25) is 0 Å². The summed E-state index contributed by atoms with van der Waals surface area (Å²) in [5.41, 5.74) is 0.726. The smallest absolute Gasteiger partial charge is 0.380 e. The zero-order chi connectivity index (χ0) is 12.6. The van der Waals surface area contributed by atoms with Gasteiger partial charge in [0.05, 0.1) is 4.88 Å². The zero-order valence-electron chi connectivity index (χ0n) is 8.52. The number of aliphatic hydroxyl groups excluding tert-OH is 1. The second-order valence-electron chi connectivity index (χ2n) is 3.30. The monoisotopic (exact) mass is 280 g/mol. The van der Waals surface area contributed by atoms with Crippen molar-refractivity contribution in [3.63, 3.8) is 0 Å². The van der Waals surface area contributed by atoms with Gasteiger partial charge in [-0.05, 0) is 6.92 Å². The predicted octanol–water partition coefficient (Wildman–Crippen LogP) is 3.01. The lowest BCUT2D eigenvalue weighted by molar-refractivity contribution is -0.137. The fourth-order valence-corrected chi connectivity index (χ4v) is 2.81. The van der Waals surface area contributed by atoms with Gasteiger partial charge >= 0.3 is 6.18 Å². The second kappa shape index (κ2) is 4.35. The molecular weight excluding hydrogens is 273 g/mol. The van der Waals surface area contributed by atoms with Crippen molar-refractivity contribution < 1.29 is 18.3 Å². The first-order chi connectivity index (χ1) is 7.88. The summed E-state index contributed by atoms with van der Waals surface area (Å²) < 4.78 is 37.0. The van der Waals surface area contributed by atoms with Gasteiger partial charge < -0.3 is 5.11 Å².